The molecule has 2 aromatic rings. The summed E-state index contributed by atoms with van der Waals surface area (Å²) in [5.74, 6) is 1.62. The molecule has 0 saturated heterocycles. The molecule has 3 N–H and O–H groups in total. The van der Waals surface area contributed by atoms with Gasteiger partial charge in [0.05, 0.1) is 20.4 Å². The molecule has 2 rings (SSSR count). The number of nitrogens with one attached hydrogen (secondary N) is 1. The molecule has 0 bridgehead atoms. The van der Waals surface area contributed by atoms with E-state index in [1.165, 1.54) is 0 Å². The minimum absolute atomic E-state index is 0.0901. The van der Waals surface area contributed by atoms with E-state index in [-0.39, 0.29) is 5.11 Å². The van der Waals surface area contributed by atoms with Gasteiger partial charge in [0.2, 0.25) is 5.75 Å². The summed E-state index contributed by atoms with van der Waals surface area (Å²) in [5, 5.41) is 4.03. The number of thiocarbonyl (C=S) groups is 1. The van der Waals surface area contributed by atoms with E-state index in [1.807, 2.05) is 30.3 Å². The van der Waals surface area contributed by atoms with Crippen LogP contribution in [0.2, 0.25) is 0 Å². The van der Waals surface area contributed by atoms with Crippen molar-refractivity contribution >= 4 is 23.5 Å². The lowest BCUT2D eigenvalue weighted by Crippen LogP contribution is -2.23. The molecule has 0 unspecified atom stereocenters. The van der Waals surface area contributed by atoms with E-state index in [0.29, 0.717) is 23.9 Å². The molecule has 0 aliphatic rings. The van der Waals surface area contributed by atoms with E-state index in [1.54, 1.807) is 32.6 Å². The number of ether oxygens (including phenoxy) is 3. The van der Waals surface area contributed by atoms with Gasteiger partial charge in [-0.15, -0.1) is 0 Å². The van der Waals surface area contributed by atoms with Gasteiger partial charge < -0.3 is 19.9 Å². The molecule has 6 nitrogen and oxygen atoms in total. The van der Waals surface area contributed by atoms with Crippen LogP contribution in [0.3, 0.4) is 0 Å². The van der Waals surface area contributed by atoms with E-state index >= 15 is 0 Å². The van der Waals surface area contributed by atoms with E-state index in [0.717, 1.165) is 11.1 Å². The zero-order valence-electron chi connectivity index (χ0n) is 13.5. The van der Waals surface area contributed by atoms with Crippen molar-refractivity contribution in [3.63, 3.8) is 0 Å². The second kappa shape index (κ2) is 8.73. The van der Waals surface area contributed by atoms with Crippen molar-refractivity contribution in [2.75, 3.05) is 14.2 Å². The molecule has 126 valence electrons. The lowest BCUT2D eigenvalue weighted by atomic mass is 10.2. The Morgan fingerprint density at radius 1 is 1.17 bits per heavy atom. The monoisotopic (exact) mass is 345 g/mol. The zero-order valence-corrected chi connectivity index (χ0v) is 14.3. The second-order valence-corrected chi connectivity index (χ2v) is 5.20. The molecule has 0 aliphatic heterocycles. The zero-order chi connectivity index (χ0) is 17.4. The summed E-state index contributed by atoms with van der Waals surface area (Å²) in [7, 11) is 3.13. The van der Waals surface area contributed by atoms with Gasteiger partial charge in [0.25, 0.3) is 0 Å². The number of methoxy groups -OCH3 is 2. The first-order valence-electron chi connectivity index (χ1n) is 7.15. The highest BCUT2D eigenvalue weighted by Gasteiger charge is 2.13. The fraction of sp³-hybridized carbons (Fsp3) is 0.176. The minimum atomic E-state index is 0.0901. The van der Waals surface area contributed by atoms with Crippen molar-refractivity contribution in [1.82, 2.24) is 5.43 Å². The maximum atomic E-state index is 5.89. The molecule has 0 amide bonds. The summed E-state index contributed by atoms with van der Waals surface area (Å²) in [4.78, 5) is 0. The van der Waals surface area contributed by atoms with Crippen LogP contribution in [0.5, 0.6) is 17.2 Å². The Hall–Kier alpha value is -2.80. The number of hydrazone groups is 1. The van der Waals surface area contributed by atoms with Gasteiger partial charge in [0, 0.05) is 5.56 Å². The summed E-state index contributed by atoms with van der Waals surface area (Å²) >= 11 is 4.70. The average molecular weight is 345 g/mol. The normalized spacial score (nSPS) is 10.4. The predicted octanol–water partition coefficient (Wildman–Crippen LogP) is 2.45. The van der Waals surface area contributed by atoms with E-state index in [2.05, 4.69) is 10.5 Å². The number of hydrogen-bond donors (Lipinski definition) is 2. The number of hydrogen-bond acceptors (Lipinski definition) is 5. The molecule has 0 aromatic heterocycles. The molecule has 0 heterocycles. The highest BCUT2D eigenvalue weighted by Crippen LogP contribution is 2.38. The van der Waals surface area contributed by atoms with Crippen LogP contribution in [-0.4, -0.2) is 25.5 Å². The molecular weight excluding hydrogens is 326 g/mol. The fourth-order valence-electron chi connectivity index (χ4n) is 2.04. The molecule has 0 spiro atoms. The summed E-state index contributed by atoms with van der Waals surface area (Å²) in [5.41, 5.74) is 9.64. The maximum Gasteiger partial charge on any atom is 0.203 e. The van der Waals surface area contributed by atoms with Crippen LogP contribution >= 0.6 is 12.2 Å². The van der Waals surface area contributed by atoms with Crippen molar-refractivity contribution in [2.24, 2.45) is 10.8 Å². The highest BCUT2D eigenvalue weighted by atomic mass is 32.1. The lowest BCUT2D eigenvalue weighted by Gasteiger charge is -2.15. The second-order valence-electron chi connectivity index (χ2n) is 4.76. The van der Waals surface area contributed by atoms with Gasteiger partial charge in [-0.3, -0.25) is 5.43 Å². The summed E-state index contributed by atoms with van der Waals surface area (Å²) in [6.07, 6.45) is 1.57. The van der Waals surface area contributed by atoms with Crippen LogP contribution in [0.15, 0.2) is 47.6 Å². The van der Waals surface area contributed by atoms with Crippen LogP contribution in [0.4, 0.5) is 0 Å². The van der Waals surface area contributed by atoms with Crippen LogP contribution in [0, 0.1) is 0 Å². The Morgan fingerprint density at radius 3 is 2.50 bits per heavy atom. The number of benzene rings is 2. The first-order valence-corrected chi connectivity index (χ1v) is 7.56. The predicted molar refractivity (Wildman–Crippen MR) is 97.8 cm³/mol. The third-order valence-electron chi connectivity index (χ3n) is 3.09. The van der Waals surface area contributed by atoms with Gasteiger partial charge in [-0.2, -0.15) is 5.10 Å². The van der Waals surface area contributed by atoms with Gasteiger partial charge in [-0.05, 0) is 29.9 Å². The quantitative estimate of drug-likeness (QED) is 0.456. The molecule has 24 heavy (non-hydrogen) atoms. The van der Waals surface area contributed by atoms with E-state index < -0.39 is 0 Å². The lowest BCUT2D eigenvalue weighted by molar-refractivity contribution is 0.275. The Morgan fingerprint density at radius 2 is 1.88 bits per heavy atom. The number of rotatable bonds is 7. The molecule has 0 saturated carbocycles. The standard InChI is InChI=1S/C17H19N3O3S/c1-21-14-8-13(10-19-20-17(18)24)9-15(16(14)22-2)23-11-12-6-4-3-5-7-12/h3-10H,11H2,1-2H3,(H3,18,20,24). The smallest absolute Gasteiger partial charge is 0.203 e. The Kier molecular flexibility index (Phi) is 6.39. The highest BCUT2D eigenvalue weighted by molar-refractivity contribution is 7.80. The minimum Gasteiger partial charge on any atom is -0.493 e. The SMILES string of the molecule is COc1cc(C=NNC(N)=S)cc(OCc2ccccc2)c1OC. The van der Waals surface area contributed by atoms with Crippen LogP contribution in [0.1, 0.15) is 11.1 Å². The largest absolute Gasteiger partial charge is 0.493 e. The third-order valence-corrected chi connectivity index (χ3v) is 3.18. The molecule has 2 aromatic carbocycles. The Labute approximate surface area is 146 Å². The number of nitrogens with two attached hydrogens (primary N) is 1. The van der Waals surface area contributed by atoms with Crippen molar-refractivity contribution < 1.29 is 14.2 Å². The Bertz CT molecular complexity index is 721. The molecule has 0 radical (unpaired) electrons. The molecular formula is C17H19N3O3S. The first-order chi connectivity index (χ1) is 11.6. The Balaban J connectivity index is 2.25. The summed E-state index contributed by atoms with van der Waals surface area (Å²) < 4.78 is 16.6. The van der Waals surface area contributed by atoms with Crippen molar-refractivity contribution in [2.45, 2.75) is 6.61 Å². The van der Waals surface area contributed by atoms with Gasteiger partial charge in [-0.1, -0.05) is 30.3 Å². The molecule has 0 fully saturated rings. The van der Waals surface area contributed by atoms with Crippen LogP contribution in [0.25, 0.3) is 0 Å². The van der Waals surface area contributed by atoms with Gasteiger partial charge in [-0.25, -0.2) is 0 Å². The average Bonchev–Trinajstić information content (AvgIpc) is 2.60. The van der Waals surface area contributed by atoms with Gasteiger partial charge >= 0.3 is 0 Å². The van der Waals surface area contributed by atoms with Gasteiger partial charge in [0.15, 0.2) is 16.6 Å². The van der Waals surface area contributed by atoms with E-state index in [9.17, 15) is 0 Å². The fourth-order valence-corrected chi connectivity index (χ4v) is 2.09. The number of nitrogens with zero attached hydrogens (tertiary/aromatic N) is 1. The topological polar surface area (TPSA) is 78.1 Å². The summed E-state index contributed by atoms with van der Waals surface area (Å²) in [6.45, 7) is 0.409. The van der Waals surface area contributed by atoms with Crippen molar-refractivity contribution in [3.05, 3.63) is 53.6 Å². The van der Waals surface area contributed by atoms with Crippen LogP contribution < -0.4 is 25.4 Å². The first kappa shape index (κ1) is 17.6. The van der Waals surface area contributed by atoms with E-state index in [4.69, 9.17) is 32.2 Å². The van der Waals surface area contributed by atoms with Crippen LogP contribution in [-0.2, 0) is 6.61 Å². The maximum absolute atomic E-state index is 5.89. The summed E-state index contributed by atoms with van der Waals surface area (Å²) in [6, 6.07) is 13.4. The van der Waals surface area contributed by atoms with Gasteiger partial charge in [0.1, 0.15) is 6.61 Å². The molecule has 0 atom stereocenters. The van der Waals surface area contributed by atoms with Crippen molar-refractivity contribution in [1.29, 1.82) is 0 Å². The third kappa shape index (κ3) is 4.85. The molecule has 0 aliphatic carbocycles. The molecule has 7 heteroatoms. The van der Waals surface area contributed by atoms with Crippen molar-refractivity contribution in [3.8, 4) is 17.2 Å².